The van der Waals surface area contributed by atoms with E-state index in [4.69, 9.17) is 5.73 Å². The third-order valence-electron chi connectivity index (χ3n) is 4.20. The summed E-state index contributed by atoms with van der Waals surface area (Å²) in [5.74, 6) is 0.736. The first kappa shape index (κ1) is 13.5. The maximum atomic E-state index is 12.5. The van der Waals surface area contributed by atoms with E-state index < -0.39 is 10.0 Å². The fourth-order valence-electron chi connectivity index (χ4n) is 3.15. The highest BCUT2D eigenvalue weighted by molar-refractivity contribution is 9.10. The van der Waals surface area contributed by atoms with Crippen LogP contribution < -0.4 is 5.73 Å². The van der Waals surface area contributed by atoms with Crippen molar-refractivity contribution in [3.8, 4) is 0 Å². The Morgan fingerprint density at radius 2 is 2.11 bits per heavy atom. The van der Waals surface area contributed by atoms with Gasteiger partial charge in [0, 0.05) is 36.0 Å². The Bertz CT molecular complexity index is 592. The summed E-state index contributed by atoms with van der Waals surface area (Å²) >= 11 is 3.26. The summed E-state index contributed by atoms with van der Waals surface area (Å²) in [6.07, 6.45) is 5.03. The van der Waals surface area contributed by atoms with Crippen molar-refractivity contribution in [2.24, 2.45) is 17.6 Å². The number of nitrogens with zero attached hydrogens (tertiary/aromatic N) is 2. The minimum absolute atomic E-state index is 0.144. The molecule has 3 rings (SSSR count). The number of halogens is 1. The van der Waals surface area contributed by atoms with Gasteiger partial charge < -0.3 is 5.73 Å². The van der Waals surface area contributed by atoms with E-state index in [0.717, 1.165) is 12.8 Å². The second kappa shape index (κ2) is 4.80. The number of aromatic nitrogens is 1. The SMILES string of the molecule is NC1CCC2CN(S(=O)(=O)c3cncc(Br)c3)CC12. The Kier molecular flexibility index (Phi) is 3.41. The van der Waals surface area contributed by atoms with Crippen LogP contribution in [-0.2, 0) is 10.0 Å². The Morgan fingerprint density at radius 3 is 2.79 bits per heavy atom. The second-order valence-corrected chi connectivity index (χ2v) is 8.18. The third-order valence-corrected chi connectivity index (χ3v) is 6.43. The molecule has 19 heavy (non-hydrogen) atoms. The molecule has 1 aromatic heterocycles. The molecule has 104 valence electrons. The molecule has 3 atom stereocenters. The Labute approximate surface area is 121 Å². The van der Waals surface area contributed by atoms with Crippen molar-refractivity contribution >= 4 is 26.0 Å². The van der Waals surface area contributed by atoms with Crippen LogP contribution in [0.1, 0.15) is 12.8 Å². The molecule has 1 aliphatic carbocycles. The van der Waals surface area contributed by atoms with Gasteiger partial charge in [-0.05, 0) is 46.7 Å². The number of hydrogen-bond donors (Lipinski definition) is 1. The Hall–Kier alpha value is -0.500. The number of pyridine rings is 1. The molecule has 1 saturated carbocycles. The first-order valence-corrected chi connectivity index (χ1v) is 8.58. The van der Waals surface area contributed by atoms with Crippen molar-refractivity contribution in [3.63, 3.8) is 0 Å². The van der Waals surface area contributed by atoms with Crippen LogP contribution in [0.15, 0.2) is 27.8 Å². The van der Waals surface area contributed by atoms with Crippen LogP contribution in [0.25, 0.3) is 0 Å². The summed E-state index contributed by atoms with van der Waals surface area (Å²) in [7, 11) is -3.44. The van der Waals surface area contributed by atoms with Crippen molar-refractivity contribution < 1.29 is 8.42 Å². The van der Waals surface area contributed by atoms with E-state index in [9.17, 15) is 8.42 Å². The van der Waals surface area contributed by atoms with Crippen LogP contribution >= 0.6 is 15.9 Å². The smallest absolute Gasteiger partial charge is 0.244 e. The number of rotatable bonds is 2. The highest BCUT2D eigenvalue weighted by Crippen LogP contribution is 2.39. The maximum Gasteiger partial charge on any atom is 0.244 e. The van der Waals surface area contributed by atoms with Crippen LogP contribution in [0.5, 0.6) is 0 Å². The van der Waals surface area contributed by atoms with Crippen molar-refractivity contribution in [1.29, 1.82) is 0 Å². The average molecular weight is 346 g/mol. The van der Waals surface area contributed by atoms with Crippen LogP contribution in [0, 0.1) is 11.8 Å². The summed E-state index contributed by atoms with van der Waals surface area (Å²) in [6.45, 7) is 1.13. The van der Waals surface area contributed by atoms with Gasteiger partial charge in [0.25, 0.3) is 0 Å². The fraction of sp³-hybridized carbons (Fsp3) is 0.583. The van der Waals surface area contributed by atoms with Gasteiger partial charge in [-0.3, -0.25) is 4.98 Å². The topological polar surface area (TPSA) is 76.3 Å². The first-order valence-electron chi connectivity index (χ1n) is 6.35. The van der Waals surface area contributed by atoms with Crippen LogP contribution in [0.2, 0.25) is 0 Å². The first-order chi connectivity index (χ1) is 8.98. The molecule has 1 aliphatic heterocycles. The highest BCUT2D eigenvalue weighted by atomic mass is 79.9. The molecule has 0 radical (unpaired) electrons. The standard InChI is InChI=1S/C12H16BrN3O2S/c13-9-3-10(5-15-4-9)19(17,18)16-6-8-1-2-12(14)11(8)7-16/h3-5,8,11-12H,1-2,6-7,14H2. The van der Waals surface area contributed by atoms with Gasteiger partial charge in [0.2, 0.25) is 10.0 Å². The van der Waals surface area contributed by atoms with E-state index in [1.54, 1.807) is 16.6 Å². The van der Waals surface area contributed by atoms with E-state index in [-0.39, 0.29) is 10.9 Å². The van der Waals surface area contributed by atoms with Gasteiger partial charge in [0.15, 0.2) is 0 Å². The number of sulfonamides is 1. The lowest BCUT2D eigenvalue weighted by molar-refractivity contribution is 0.427. The lowest BCUT2D eigenvalue weighted by Gasteiger charge is -2.18. The predicted molar refractivity (Wildman–Crippen MR) is 74.9 cm³/mol. The van der Waals surface area contributed by atoms with E-state index in [0.29, 0.717) is 29.4 Å². The van der Waals surface area contributed by atoms with Gasteiger partial charge in [-0.25, -0.2) is 8.42 Å². The van der Waals surface area contributed by atoms with E-state index in [1.165, 1.54) is 6.20 Å². The lowest BCUT2D eigenvalue weighted by Crippen LogP contribution is -2.33. The monoisotopic (exact) mass is 345 g/mol. The van der Waals surface area contributed by atoms with Gasteiger partial charge in [-0.1, -0.05) is 0 Å². The summed E-state index contributed by atoms with van der Waals surface area (Å²) < 4.78 is 27.3. The van der Waals surface area contributed by atoms with Gasteiger partial charge in [0.1, 0.15) is 4.90 Å². The molecule has 1 aromatic rings. The van der Waals surface area contributed by atoms with E-state index in [2.05, 4.69) is 20.9 Å². The van der Waals surface area contributed by atoms with Crippen molar-refractivity contribution in [2.75, 3.05) is 13.1 Å². The fourth-order valence-corrected chi connectivity index (χ4v) is 5.19. The Morgan fingerprint density at radius 1 is 1.32 bits per heavy atom. The zero-order valence-electron chi connectivity index (χ0n) is 10.4. The summed E-state index contributed by atoms with van der Waals surface area (Å²) in [4.78, 5) is 4.18. The third kappa shape index (κ3) is 2.33. The van der Waals surface area contributed by atoms with Gasteiger partial charge in [-0.15, -0.1) is 0 Å². The van der Waals surface area contributed by atoms with Crippen LogP contribution in [0.3, 0.4) is 0 Å². The molecule has 2 fully saturated rings. The zero-order valence-corrected chi connectivity index (χ0v) is 12.8. The second-order valence-electron chi connectivity index (χ2n) is 5.33. The molecule has 2 N–H and O–H groups in total. The molecular formula is C12H16BrN3O2S. The molecule has 0 spiro atoms. The van der Waals surface area contributed by atoms with Crippen molar-refractivity contribution in [3.05, 3.63) is 22.9 Å². The molecule has 5 nitrogen and oxygen atoms in total. The normalized spacial score (nSPS) is 31.6. The summed E-state index contributed by atoms with van der Waals surface area (Å²) in [6, 6.07) is 1.74. The van der Waals surface area contributed by atoms with Crippen LogP contribution in [-0.4, -0.2) is 36.8 Å². The van der Waals surface area contributed by atoms with E-state index in [1.807, 2.05) is 0 Å². The predicted octanol–water partition coefficient (Wildman–Crippen LogP) is 1.20. The molecule has 2 aliphatic rings. The van der Waals surface area contributed by atoms with Gasteiger partial charge >= 0.3 is 0 Å². The minimum atomic E-state index is -3.44. The lowest BCUT2D eigenvalue weighted by atomic mass is 9.98. The van der Waals surface area contributed by atoms with E-state index >= 15 is 0 Å². The summed E-state index contributed by atoms with van der Waals surface area (Å²) in [5.41, 5.74) is 6.05. The van der Waals surface area contributed by atoms with Crippen LogP contribution in [0.4, 0.5) is 0 Å². The molecule has 7 heteroatoms. The van der Waals surface area contributed by atoms with Crippen molar-refractivity contribution in [2.45, 2.75) is 23.8 Å². The zero-order chi connectivity index (χ0) is 13.6. The molecule has 0 bridgehead atoms. The minimum Gasteiger partial charge on any atom is -0.327 e. The van der Waals surface area contributed by atoms with Gasteiger partial charge in [0.05, 0.1) is 0 Å². The number of hydrogen-bond acceptors (Lipinski definition) is 4. The number of fused-ring (bicyclic) bond motifs is 1. The molecule has 0 aromatic carbocycles. The molecule has 0 amide bonds. The Balaban J connectivity index is 1.87. The van der Waals surface area contributed by atoms with Crippen molar-refractivity contribution in [1.82, 2.24) is 9.29 Å². The molecule has 2 heterocycles. The number of nitrogens with two attached hydrogens (primary N) is 1. The molecular weight excluding hydrogens is 330 g/mol. The quantitative estimate of drug-likeness (QED) is 0.873. The van der Waals surface area contributed by atoms with Gasteiger partial charge in [-0.2, -0.15) is 4.31 Å². The largest absolute Gasteiger partial charge is 0.327 e. The average Bonchev–Trinajstić information content (AvgIpc) is 2.92. The highest BCUT2D eigenvalue weighted by Gasteiger charge is 2.45. The maximum absolute atomic E-state index is 12.5. The molecule has 3 unspecified atom stereocenters. The molecule has 1 saturated heterocycles. The summed E-state index contributed by atoms with van der Waals surface area (Å²) in [5, 5.41) is 0.